The number of hydrogen-bond acceptors (Lipinski definition) is 4. The zero-order chi connectivity index (χ0) is 15.5. The van der Waals surface area contributed by atoms with Crippen LogP contribution >= 0.6 is 0 Å². The highest BCUT2D eigenvalue weighted by Gasteiger charge is 2.33. The van der Waals surface area contributed by atoms with E-state index in [0.29, 0.717) is 0 Å². The average molecular weight is 312 g/mol. The number of hydrazine groups is 1. The van der Waals surface area contributed by atoms with Crippen LogP contribution in [0.15, 0.2) is 60.7 Å². The summed E-state index contributed by atoms with van der Waals surface area (Å²) in [5, 5.41) is 2.11. The molecule has 2 aliphatic heterocycles. The minimum Gasteiger partial charge on any atom is -0.415 e. The summed E-state index contributed by atoms with van der Waals surface area (Å²) < 4.78 is 4.74. The van der Waals surface area contributed by atoms with Crippen molar-refractivity contribution in [1.82, 2.24) is 15.5 Å². The van der Waals surface area contributed by atoms with Gasteiger partial charge < -0.3 is 4.74 Å². The largest absolute Gasteiger partial charge is 0.415 e. The van der Waals surface area contributed by atoms with Gasteiger partial charge >= 0.3 is 0 Å². The van der Waals surface area contributed by atoms with Crippen molar-refractivity contribution in [1.29, 1.82) is 0 Å². The molecule has 0 radical (unpaired) electrons. The van der Waals surface area contributed by atoms with Gasteiger partial charge in [-0.25, -0.2) is 9.91 Å². The van der Waals surface area contributed by atoms with E-state index < -0.39 is 0 Å². The van der Waals surface area contributed by atoms with E-state index in [1.807, 2.05) is 24.3 Å². The molecule has 2 atom stereocenters. The number of benzene rings is 2. The maximum atomic E-state index is 5.69. The van der Waals surface area contributed by atoms with Crippen molar-refractivity contribution < 1.29 is 9.57 Å². The zero-order valence-corrected chi connectivity index (χ0v) is 13.0. The maximum Gasteiger partial charge on any atom is 0.206 e. The average Bonchev–Trinajstić information content (AvgIpc) is 3.27. The summed E-state index contributed by atoms with van der Waals surface area (Å²) in [5.41, 5.74) is 5.54. The molecule has 0 aromatic heterocycles. The van der Waals surface area contributed by atoms with Gasteiger partial charge in [0.05, 0.1) is 13.2 Å². The Morgan fingerprint density at radius 2 is 1.65 bits per heavy atom. The monoisotopic (exact) mass is 312 g/mol. The molecule has 2 aliphatic rings. The highest BCUT2D eigenvalue weighted by molar-refractivity contribution is 5.19. The fourth-order valence-corrected chi connectivity index (χ4v) is 3.14. The second kappa shape index (κ2) is 6.78. The van der Waals surface area contributed by atoms with Crippen LogP contribution < -0.4 is 5.59 Å². The Balaban J connectivity index is 1.30. The van der Waals surface area contributed by atoms with Gasteiger partial charge in [0.1, 0.15) is 6.10 Å². The van der Waals surface area contributed by atoms with Crippen LogP contribution in [0.25, 0.3) is 0 Å². The Labute approximate surface area is 136 Å². The van der Waals surface area contributed by atoms with Crippen LogP contribution in [0.3, 0.4) is 0 Å². The number of nitrogens with one attached hydrogen (secondary N) is 1. The predicted octanol–water partition coefficient (Wildman–Crippen LogP) is 1.98. The third kappa shape index (κ3) is 3.44. The summed E-state index contributed by atoms with van der Waals surface area (Å²) in [6, 6.07) is 20.8. The minimum atomic E-state index is 0.0839. The molecule has 0 bridgehead atoms. The Morgan fingerprint density at radius 3 is 2.39 bits per heavy atom. The van der Waals surface area contributed by atoms with Gasteiger partial charge in [-0.2, -0.15) is 0 Å². The first-order valence-electron chi connectivity index (χ1n) is 8.03. The molecule has 5 heteroatoms. The molecule has 2 saturated heterocycles. The van der Waals surface area contributed by atoms with Crippen molar-refractivity contribution in [3.05, 3.63) is 71.8 Å². The number of rotatable bonds is 4. The fourth-order valence-electron chi connectivity index (χ4n) is 3.14. The SMILES string of the molecule is c1ccc(C2CN(CN3C[OH+]C(c4ccccc4)C3)NO2)cc1. The van der Waals surface area contributed by atoms with Crippen molar-refractivity contribution in [2.45, 2.75) is 12.2 Å². The second-order valence-electron chi connectivity index (χ2n) is 6.08. The zero-order valence-electron chi connectivity index (χ0n) is 13.0. The molecule has 0 aliphatic carbocycles. The minimum absolute atomic E-state index is 0.0839. The Kier molecular flexibility index (Phi) is 4.37. The normalized spacial score (nSPS) is 25.9. The van der Waals surface area contributed by atoms with E-state index in [1.165, 1.54) is 11.1 Å². The summed E-state index contributed by atoms with van der Waals surface area (Å²) in [6.45, 7) is 3.39. The Hall–Kier alpha value is -1.76. The van der Waals surface area contributed by atoms with Crippen molar-refractivity contribution >= 4 is 0 Å². The van der Waals surface area contributed by atoms with Gasteiger partial charge in [0.15, 0.2) is 6.10 Å². The summed E-state index contributed by atoms with van der Waals surface area (Å²) in [5.74, 6) is 0. The van der Waals surface area contributed by atoms with Crippen molar-refractivity contribution in [3.63, 3.8) is 0 Å². The molecule has 2 N–H and O–H groups in total. The van der Waals surface area contributed by atoms with E-state index in [4.69, 9.17) is 9.57 Å². The van der Waals surface area contributed by atoms with E-state index in [0.717, 1.165) is 26.5 Å². The molecule has 5 nitrogen and oxygen atoms in total. The third-order valence-corrected chi connectivity index (χ3v) is 4.37. The quantitative estimate of drug-likeness (QED) is 0.877. The number of nitrogens with zero attached hydrogens (tertiary/aromatic N) is 2. The van der Waals surface area contributed by atoms with Crippen LogP contribution in [0.5, 0.6) is 0 Å². The molecule has 2 aromatic rings. The van der Waals surface area contributed by atoms with Gasteiger partial charge in [0, 0.05) is 12.1 Å². The van der Waals surface area contributed by atoms with Crippen LogP contribution in [0.2, 0.25) is 0 Å². The summed E-state index contributed by atoms with van der Waals surface area (Å²) in [6.07, 6.45) is 0.366. The lowest BCUT2D eigenvalue weighted by Gasteiger charge is -2.18. The van der Waals surface area contributed by atoms with Crippen molar-refractivity contribution in [2.24, 2.45) is 0 Å². The molecule has 2 aromatic carbocycles. The first-order chi connectivity index (χ1) is 11.4. The number of hydrogen-bond donors (Lipinski definition) is 1. The van der Waals surface area contributed by atoms with E-state index in [-0.39, 0.29) is 12.2 Å². The topological polar surface area (TPSA) is 40.5 Å². The molecule has 2 unspecified atom stereocenters. The Bertz CT molecular complexity index is 567. The van der Waals surface area contributed by atoms with Gasteiger partial charge in [-0.15, -0.1) is 5.59 Å². The lowest BCUT2D eigenvalue weighted by atomic mass is 10.1. The smallest absolute Gasteiger partial charge is 0.206 e. The molecular formula is C18H22N3O2+. The van der Waals surface area contributed by atoms with E-state index in [1.54, 1.807) is 0 Å². The van der Waals surface area contributed by atoms with Gasteiger partial charge in [0.25, 0.3) is 0 Å². The van der Waals surface area contributed by atoms with Gasteiger partial charge in [-0.1, -0.05) is 60.7 Å². The van der Waals surface area contributed by atoms with Crippen LogP contribution in [-0.4, -0.2) is 41.1 Å². The van der Waals surface area contributed by atoms with Crippen LogP contribution in [0.1, 0.15) is 23.3 Å². The molecule has 0 amide bonds. The van der Waals surface area contributed by atoms with E-state index in [9.17, 15) is 0 Å². The number of ether oxygens (including phenoxy) is 1. The van der Waals surface area contributed by atoms with Gasteiger partial charge in [0.2, 0.25) is 6.73 Å². The molecule has 120 valence electrons. The second-order valence-corrected chi connectivity index (χ2v) is 6.08. The summed E-state index contributed by atoms with van der Waals surface area (Å²) in [7, 11) is 0. The van der Waals surface area contributed by atoms with Crippen molar-refractivity contribution in [3.8, 4) is 0 Å². The highest BCUT2D eigenvalue weighted by Crippen LogP contribution is 2.24. The van der Waals surface area contributed by atoms with Crippen LogP contribution in [0, 0.1) is 0 Å². The van der Waals surface area contributed by atoms with E-state index >= 15 is 0 Å². The molecule has 2 heterocycles. The molecule has 0 saturated carbocycles. The summed E-state index contributed by atoms with van der Waals surface area (Å²) in [4.78, 5) is 8.03. The first-order valence-corrected chi connectivity index (χ1v) is 8.03. The first kappa shape index (κ1) is 14.8. The van der Waals surface area contributed by atoms with Crippen molar-refractivity contribution in [2.75, 3.05) is 26.5 Å². The number of aliphatic hydroxyl groups is 2. The van der Waals surface area contributed by atoms with E-state index in [2.05, 4.69) is 51.9 Å². The lowest BCUT2D eigenvalue weighted by Crippen LogP contribution is -2.40. The molecule has 2 fully saturated rings. The molecule has 0 spiro atoms. The van der Waals surface area contributed by atoms with Crippen LogP contribution in [-0.2, 0) is 4.84 Å². The maximum absolute atomic E-state index is 5.69. The highest BCUT2D eigenvalue weighted by atomic mass is 16.7. The third-order valence-electron chi connectivity index (χ3n) is 4.37. The summed E-state index contributed by atoms with van der Waals surface area (Å²) >= 11 is 0. The van der Waals surface area contributed by atoms with Crippen LogP contribution in [0.4, 0.5) is 0 Å². The van der Waals surface area contributed by atoms with Gasteiger partial charge in [-0.3, -0.25) is 4.84 Å². The van der Waals surface area contributed by atoms with Gasteiger partial charge in [-0.05, 0) is 5.56 Å². The standard InChI is InChI=1S/C18H21N3O2/c1-3-7-15(8-4-1)17-11-20(14-22-17)13-21-12-18(23-19-21)16-9-5-2-6-10-16/h1-10,17-19H,11-14H2/p+1. The molecular weight excluding hydrogens is 290 g/mol. The molecule has 23 heavy (non-hydrogen) atoms. The fraction of sp³-hybridized carbons (Fsp3) is 0.333. The lowest BCUT2D eigenvalue weighted by molar-refractivity contribution is -0.0875. The Morgan fingerprint density at radius 1 is 0.957 bits per heavy atom. The predicted molar refractivity (Wildman–Crippen MR) is 88.0 cm³/mol. The molecule has 4 rings (SSSR count).